The van der Waals surface area contributed by atoms with Gasteiger partial charge in [0.05, 0.1) is 30.3 Å². The van der Waals surface area contributed by atoms with E-state index in [0.717, 1.165) is 10.9 Å². The normalized spacial score (nSPS) is 12.8. The summed E-state index contributed by atoms with van der Waals surface area (Å²) in [5.41, 5.74) is 0.312. The number of hydrogen-bond acceptors (Lipinski definition) is 7. The zero-order valence-electron chi connectivity index (χ0n) is 21.0. The van der Waals surface area contributed by atoms with Crippen LogP contribution in [0.5, 0.6) is 0 Å². The fourth-order valence-corrected chi connectivity index (χ4v) is 4.40. The van der Waals surface area contributed by atoms with Crippen molar-refractivity contribution in [3.05, 3.63) is 83.1 Å². The molecule has 0 aliphatic rings. The number of hydrogen-bond donors (Lipinski definition) is 0. The Morgan fingerprint density at radius 1 is 1.10 bits per heavy atom. The van der Waals surface area contributed by atoms with Crippen LogP contribution in [0.15, 0.2) is 61.4 Å². The Kier molecular flexibility index (Phi) is 7.68. The van der Waals surface area contributed by atoms with Crippen LogP contribution >= 0.6 is 11.6 Å². The second-order valence-electron chi connectivity index (χ2n) is 8.73. The second-order valence-corrected chi connectivity index (χ2v) is 9.16. The molecule has 5 aromatic rings. The van der Waals surface area contributed by atoms with Crippen LogP contribution in [0.25, 0.3) is 28.2 Å². The SMILES string of the molecule is Cn1ncnc1-c1cnn([C@@H](CCOC(F)F)c2ccc(-c3cc(Cl)ccc3-n3cc(C(F)(F)F)nn3)c[n+]2[O-])c1. The van der Waals surface area contributed by atoms with E-state index in [1.165, 1.54) is 52.4 Å². The highest BCUT2D eigenvalue weighted by atomic mass is 35.5. The van der Waals surface area contributed by atoms with Gasteiger partial charge >= 0.3 is 12.8 Å². The van der Waals surface area contributed by atoms with Crippen LogP contribution in [0.1, 0.15) is 23.9 Å². The van der Waals surface area contributed by atoms with Gasteiger partial charge in [-0.25, -0.2) is 14.3 Å². The molecule has 41 heavy (non-hydrogen) atoms. The topological polar surface area (TPSA) is 115 Å². The van der Waals surface area contributed by atoms with Crippen molar-refractivity contribution in [1.82, 2.24) is 39.5 Å². The van der Waals surface area contributed by atoms with Crippen LogP contribution in [-0.4, -0.2) is 52.8 Å². The molecule has 1 aromatic carbocycles. The van der Waals surface area contributed by atoms with Crippen LogP contribution in [0.4, 0.5) is 22.0 Å². The minimum absolute atomic E-state index is 0.0343. The molecule has 0 bridgehead atoms. The predicted molar refractivity (Wildman–Crippen MR) is 133 cm³/mol. The Morgan fingerprint density at radius 3 is 2.56 bits per heavy atom. The van der Waals surface area contributed by atoms with Gasteiger partial charge in [-0.3, -0.25) is 4.68 Å². The molecule has 0 amide bonds. The van der Waals surface area contributed by atoms with Crippen molar-refractivity contribution in [3.63, 3.8) is 0 Å². The number of ether oxygens (including phenoxy) is 1. The summed E-state index contributed by atoms with van der Waals surface area (Å²) >= 11 is 6.16. The van der Waals surface area contributed by atoms with Crippen LogP contribution in [0.2, 0.25) is 5.02 Å². The average Bonchev–Trinajstić information content (AvgIpc) is 3.67. The van der Waals surface area contributed by atoms with Gasteiger partial charge in [-0.1, -0.05) is 16.8 Å². The zero-order chi connectivity index (χ0) is 29.3. The standard InChI is InChI=1S/C24H19ClF5N9O2/c1-36-22(31-13-33-36)15-9-32-37(10-15)19(6-7-41-23(26)27)20-4-2-14(11-39(20)40)17-8-16(25)3-5-18(17)38-12-21(34-35-38)24(28,29)30/h2-5,8-13,19,23H,6-7H2,1H3/t19-/m0/s1. The van der Waals surface area contributed by atoms with Gasteiger partial charge in [-0.15, -0.1) is 5.10 Å². The van der Waals surface area contributed by atoms with E-state index < -0.39 is 24.5 Å². The first-order valence-corrected chi connectivity index (χ1v) is 12.2. The molecule has 0 radical (unpaired) electrons. The van der Waals surface area contributed by atoms with E-state index in [-0.39, 0.29) is 29.4 Å². The van der Waals surface area contributed by atoms with E-state index >= 15 is 0 Å². The van der Waals surface area contributed by atoms with Gasteiger partial charge in [-0.05, 0) is 24.3 Å². The summed E-state index contributed by atoms with van der Waals surface area (Å²) in [4.78, 5) is 4.16. The Morgan fingerprint density at radius 2 is 1.90 bits per heavy atom. The Balaban J connectivity index is 1.52. The first-order chi connectivity index (χ1) is 19.5. The third-order valence-corrected chi connectivity index (χ3v) is 6.35. The van der Waals surface area contributed by atoms with Gasteiger partial charge in [0, 0.05) is 41.9 Å². The number of halogens is 6. The molecule has 0 aliphatic heterocycles. The molecular weight excluding hydrogens is 577 g/mol. The molecule has 11 nitrogen and oxygen atoms in total. The summed E-state index contributed by atoms with van der Waals surface area (Å²) in [5, 5.41) is 28.7. The van der Waals surface area contributed by atoms with Gasteiger partial charge in [0.15, 0.2) is 17.7 Å². The molecule has 0 saturated carbocycles. The number of rotatable bonds is 9. The maximum atomic E-state index is 13.3. The second kappa shape index (κ2) is 11.2. The summed E-state index contributed by atoms with van der Waals surface area (Å²) in [6, 6.07) is 6.56. The largest absolute Gasteiger partial charge is 0.618 e. The molecule has 1 atom stereocenters. The minimum atomic E-state index is -4.70. The third-order valence-electron chi connectivity index (χ3n) is 6.11. The van der Waals surface area contributed by atoms with E-state index in [1.54, 1.807) is 19.3 Å². The smallest absolute Gasteiger partial charge is 0.436 e. The molecule has 0 N–H and O–H groups in total. The van der Waals surface area contributed by atoms with Gasteiger partial charge in [0.25, 0.3) is 0 Å². The summed E-state index contributed by atoms with van der Waals surface area (Å²) < 4.78 is 73.6. The van der Waals surface area contributed by atoms with Crippen molar-refractivity contribution in [3.8, 4) is 28.2 Å². The van der Waals surface area contributed by atoms with E-state index in [2.05, 4.69) is 30.2 Å². The molecule has 17 heteroatoms. The molecule has 0 aliphatic carbocycles. The fraction of sp³-hybridized carbons (Fsp3) is 0.250. The highest BCUT2D eigenvalue weighted by molar-refractivity contribution is 6.31. The molecular formula is C24H19ClF5N9O2. The van der Waals surface area contributed by atoms with Crippen LogP contribution in [-0.2, 0) is 18.0 Å². The van der Waals surface area contributed by atoms with E-state index in [1.807, 2.05) is 0 Å². The summed E-state index contributed by atoms with van der Waals surface area (Å²) in [6.07, 6.45) is 1.64. The van der Waals surface area contributed by atoms with Crippen LogP contribution in [0, 0.1) is 5.21 Å². The van der Waals surface area contributed by atoms with Crippen molar-refractivity contribution in [2.75, 3.05) is 6.61 Å². The maximum Gasteiger partial charge on any atom is 0.436 e. The van der Waals surface area contributed by atoms with Crippen molar-refractivity contribution in [1.29, 1.82) is 0 Å². The summed E-state index contributed by atoms with van der Waals surface area (Å²) in [6.45, 7) is -3.38. The zero-order valence-corrected chi connectivity index (χ0v) is 21.7. The van der Waals surface area contributed by atoms with Crippen molar-refractivity contribution >= 4 is 11.6 Å². The molecule has 4 aromatic heterocycles. The van der Waals surface area contributed by atoms with Gasteiger partial charge in [-0.2, -0.15) is 36.9 Å². The van der Waals surface area contributed by atoms with Gasteiger partial charge in [0.1, 0.15) is 12.4 Å². The average molecular weight is 596 g/mol. The van der Waals surface area contributed by atoms with Gasteiger partial charge < -0.3 is 9.94 Å². The number of aryl methyl sites for hydroxylation is 1. The fourth-order valence-electron chi connectivity index (χ4n) is 4.23. The molecule has 214 valence electrons. The quantitative estimate of drug-likeness (QED) is 0.140. The first kappa shape index (κ1) is 28.1. The Bertz CT molecular complexity index is 1670. The van der Waals surface area contributed by atoms with Crippen LogP contribution < -0.4 is 4.73 Å². The lowest BCUT2D eigenvalue weighted by molar-refractivity contribution is -0.615. The Hall–Kier alpha value is -4.44. The first-order valence-electron chi connectivity index (χ1n) is 11.8. The predicted octanol–water partition coefficient (Wildman–Crippen LogP) is 4.45. The van der Waals surface area contributed by atoms with Crippen molar-refractivity contribution in [2.45, 2.75) is 25.3 Å². The van der Waals surface area contributed by atoms with Crippen molar-refractivity contribution in [2.24, 2.45) is 7.05 Å². The monoisotopic (exact) mass is 595 g/mol. The number of benzene rings is 1. The van der Waals surface area contributed by atoms with E-state index in [4.69, 9.17) is 11.6 Å². The molecule has 0 unspecified atom stereocenters. The molecule has 0 fully saturated rings. The number of pyridine rings is 1. The highest BCUT2D eigenvalue weighted by Gasteiger charge is 2.35. The van der Waals surface area contributed by atoms with Crippen LogP contribution in [0.3, 0.4) is 0 Å². The van der Waals surface area contributed by atoms with E-state index in [9.17, 15) is 27.2 Å². The maximum absolute atomic E-state index is 13.3. The molecule has 0 spiro atoms. The van der Waals surface area contributed by atoms with Crippen molar-refractivity contribution < 1.29 is 31.4 Å². The van der Waals surface area contributed by atoms with Gasteiger partial charge in [0.2, 0.25) is 5.69 Å². The van der Waals surface area contributed by atoms with E-state index in [0.29, 0.717) is 27.2 Å². The number of nitrogens with zero attached hydrogens (tertiary/aromatic N) is 9. The summed E-state index contributed by atoms with van der Waals surface area (Å²) in [5.74, 6) is 0.499. The third kappa shape index (κ3) is 6.02. The lowest BCUT2D eigenvalue weighted by Gasteiger charge is -2.18. The molecule has 4 heterocycles. The number of aromatic nitrogens is 9. The number of alkyl halides is 5. The molecule has 0 saturated heterocycles. The lowest BCUT2D eigenvalue weighted by Crippen LogP contribution is -2.36. The lowest BCUT2D eigenvalue weighted by atomic mass is 10.0. The summed E-state index contributed by atoms with van der Waals surface area (Å²) in [7, 11) is 1.69. The molecule has 5 rings (SSSR count). The Labute approximate surface area is 233 Å². The minimum Gasteiger partial charge on any atom is -0.618 e. The highest BCUT2D eigenvalue weighted by Crippen LogP contribution is 2.32.